The lowest BCUT2D eigenvalue weighted by molar-refractivity contribution is 0.933. The third kappa shape index (κ3) is 1.14. The van der Waals surface area contributed by atoms with E-state index in [4.69, 9.17) is 5.73 Å². The van der Waals surface area contributed by atoms with Crippen molar-refractivity contribution in [3.63, 3.8) is 0 Å². The Morgan fingerprint density at radius 1 is 1.30 bits per heavy atom. The minimum absolute atomic E-state index is 0.526. The van der Waals surface area contributed by atoms with Crippen molar-refractivity contribution in [2.45, 2.75) is 20.4 Å². The Morgan fingerprint density at radius 2 is 1.80 bits per heavy atom. The van der Waals surface area contributed by atoms with Crippen molar-refractivity contribution in [3.8, 4) is 0 Å². The van der Waals surface area contributed by atoms with Crippen LogP contribution in [0.15, 0.2) is 6.33 Å². The highest BCUT2D eigenvalue weighted by Gasteiger charge is 1.99. The second kappa shape index (κ2) is 2.75. The van der Waals surface area contributed by atoms with Crippen LogP contribution >= 0.6 is 0 Å². The topological polar surface area (TPSA) is 51.8 Å². The van der Waals surface area contributed by atoms with Gasteiger partial charge in [0.2, 0.25) is 0 Å². The molecule has 1 rings (SSSR count). The first-order chi connectivity index (χ1) is 4.75. The molecule has 0 amide bonds. The maximum atomic E-state index is 5.47. The Hall–Kier alpha value is -0.960. The van der Waals surface area contributed by atoms with E-state index >= 15 is 0 Å². The zero-order valence-electron chi connectivity index (χ0n) is 6.26. The van der Waals surface area contributed by atoms with Gasteiger partial charge in [-0.2, -0.15) is 0 Å². The lowest BCUT2D eigenvalue weighted by Crippen LogP contribution is -2.04. The number of aryl methyl sites for hydroxylation is 2. The average Bonchev–Trinajstić information content (AvgIpc) is 1.88. The molecule has 0 saturated heterocycles. The largest absolute Gasteiger partial charge is 0.326 e. The molecule has 0 aliphatic rings. The first-order valence-electron chi connectivity index (χ1n) is 3.23. The highest BCUT2D eigenvalue weighted by atomic mass is 14.8. The van der Waals surface area contributed by atoms with E-state index in [1.165, 1.54) is 0 Å². The third-order valence-electron chi connectivity index (χ3n) is 1.58. The molecule has 0 unspecified atom stereocenters. The van der Waals surface area contributed by atoms with E-state index in [1.54, 1.807) is 6.33 Å². The molecule has 3 heteroatoms. The average molecular weight is 137 g/mol. The fraction of sp³-hybridized carbons (Fsp3) is 0.429. The molecule has 3 nitrogen and oxygen atoms in total. The van der Waals surface area contributed by atoms with Crippen LogP contribution in [0, 0.1) is 13.8 Å². The Kier molecular flexibility index (Phi) is 1.97. The number of nitrogens with two attached hydrogens (primary N) is 1. The second-order valence-electron chi connectivity index (χ2n) is 2.23. The summed E-state index contributed by atoms with van der Waals surface area (Å²) in [6.45, 7) is 4.41. The second-order valence-corrected chi connectivity index (χ2v) is 2.23. The molecular weight excluding hydrogens is 126 g/mol. The van der Waals surface area contributed by atoms with Gasteiger partial charge in [0.15, 0.2) is 0 Å². The minimum Gasteiger partial charge on any atom is -0.326 e. The van der Waals surface area contributed by atoms with Crippen molar-refractivity contribution in [2.75, 3.05) is 0 Å². The summed E-state index contributed by atoms with van der Waals surface area (Å²) in [5, 5.41) is 0. The standard InChI is InChI=1S/C7H11N3/c1-5-7(3-8)6(2)10-4-9-5/h4H,3,8H2,1-2H3. The summed E-state index contributed by atoms with van der Waals surface area (Å²) in [6, 6.07) is 0. The SMILES string of the molecule is Cc1ncnc(C)c1CN. The quantitative estimate of drug-likeness (QED) is 0.615. The highest BCUT2D eigenvalue weighted by molar-refractivity contribution is 5.21. The van der Waals surface area contributed by atoms with Crippen LogP contribution in [0.25, 0.3) is 0 Å². The maximum Gasteiger partial charge on any atom is 0.115 e. The van der Waals surface area contributed by atoms with Gasteiger partial charge in [-0.25, -0.2) is 9.97 Å². The van der Waals surface area contributed by atoms with E-state index in [-0.39, 0.29) is 0 Å². The fourth-order valence-corrected chi connectivity index (χ4v) is 0.915. The Morgan fingerprint density at radius 3 is 2.10 bits per heavy atom. The van der Waals surface area contributed by atoms with Crippen LogP contribution in [0.2, 0.25) is 0 Å². The molecule has 0 spiro atoms. The van der Waals surface area contributed by atoms with Crippen molar-refractivity contribution >= 4 is 0 Å². The zero-order chi connectivity index (χ0) is 7.56. The van der Waals surface area contributed by atoms with Crippen molar-refractivity contribution in [2.24, 2.45) is 5.73 Å². The molecule has 54 valence electrons. The molecule has 0 aliphatic heterocycles. The third-order valence-corrected chi connectivity index (χ3v) is 1.58. The van der Waals surface area contributed by atoms with Crippen LogP contribution in [0.3, 0.4) is 0 Å². The number of hydrogen-bond donors (Lipinski definition) is 1. The van der Waals surface area contributed by atoms with Gasteiger partial charge in [-0.15, -0.1) is 0 Å². The summed E-state index contributed by atoms with van der Waals surface area (Å²) in [5.74, 6) is 0. The Labute approximate surface area is 60.3 Å². The van der Waals surface area contributed by atoms with Crippen LogP contribution < -0.4 is 5.73 Å². The number of aromatic nitrogens is 2. The van der Waals surface area contributed by atoms with Gasteiger partial charge in [0.1, 0.15) is 6.33 Å². The van der Waals surface area contributed by atoms with Gasteiger partial charge in [-0.1, -0.05) is 0 Å². The van der Waals surface area contributed by atoms with Gasteiger partial charge >= 0.3 is 0 Å². The molecule has 0 aromatic carbocycles. The van der Waals surface area contributed by atoms with E-state index in [0.29, 0.717) is 6.54 Å². The molecule has 0 aliphatic carbocycles. The van der Waals surface area contributed by atoms with E-state index in [0.717, 1.165) is 17.0 Å². The lowest BCUT2D eigenvalue weighted by atomic mass is 10.2. The highest BCUT2D eigenvalue weighted by Crippen LogP contribution is 2.05. The van der Waals surface area contributed by atoms with Crippen LogP contribution in [0.4, 0.5) is 0 Å². The number of rotatable bonds is 1. The molecule has 0 atom stereocenters. The first-order valence-corrected chi connectivity index (χ1v) is 3.23. The van der Waals surface area contributed by atoms with Gasteiger partial charge in [0.25, 0.3) is 0 Å². The summed E-state index contributed by atoms with van der Waals surface area (Å²) in [4.78, 5) is 8.04. The molecule has 0 fully saturated rings. The van der Waals surface area contributed by atoms with Crippen LogP contribution in [-0.4, -0.2) is 9.97 Å². The molecule has 1 aromatic rings. The summed E-state index contributed by atoms with van der Waals surface area (Å²) in [6.07, 6.45) is 1.56. The van der Waals surface area contributed by atoms with Crippen molar-refractivity contribution in [1.29, 1.82) is 0 Å². The van der Waals surface area contributed by atoms with E-state index in [2.05, 4.69) is 9.97 Å². The van der Waals surface area contributed by atoms with Crippen molar-refractivity contribution in [3.05, 3.63) is 23.3 Å². The number of nitrogens with zero attached hydrogens (tertiary/aromatic N) is 2. The normalized spacial score (nSPS) is 9.90. The minimum atomic E-state index is 0.526. The van der Waals surface area contributed by atoms with E-state index in [9.17, 15) is 0 Å². The van der Waals surface area contributed by atoms with Gasteiger partial charge in [-0.3, -0.25) is 0 Å². The van der Waals surface area contributed by atoms with Crippen LogP contribution in [0.5, 0.6) is 0 Å². The fourth-order valence-electron chi connectivity index (χ4n) is 0.915. The molecule has 2 N–H and O–H groups in total. The zero-order valence-corrected chi connectivity index (χ0v) is 6.26. The molecule has 0 bridgehead atoms. The maximum absolute atomic E-state index is 5.47. The predicted octanol–water partition coefficient (Wildman–Crippen LogP) is 0.552. The van der Waals surface area contributed by atoms with Gasteiger partial charge < -0.3 is 5.73 Å². The molecule has 1 aromatic heterocycles. The number of hydrogen-bond acceptors (Lipinski definition) is 3. The molecule has 0 saturated carbocycles. The monoisotopic (exact) mass is 137 g/mol. The summed E-state index contributed by atoms with van der Waals surface area (Å²) >= 11 is 0. The first kappa shape index (κ1) is 7.15. The van der Waals surface area contributed by atoms with Crippen molar-refractivity contribution < 1.29 is 0 Å². The summed E-state index contributed by atoms with van der Waals surface area (Å²) in [7, 11) is 0. The van der Waals surface area contributed by atoms with E-state index < -0.39 is 0 Å². The predicted molar refractivity (Wildman–Crippen MR) is 39.4 cm³/mol. The lowest BCUT2D eigenvalue weighted by Gasteiger charge is -2.02. The van der Waals surface area contributed by atoms with E-state index in [1.807, 2.05) is 13.8 Å². The van der Waals surface area contributed by atoms with Crippen LogP contribution in [0.1, 0.15) is 17.0 Å². The van der Waals surface area contributed by atoms with Crippen molar-refractivity contribution in [1.82, 2.24) is 9.97 Å². The molecule has 0 radical (unpaired) electrons. The summed E-state index contributed by atoms with van der Waals surface area (Å²) < 4.78 is 0. The molecular formula is C7H11N3. The van der Waals surface area contributed by atoms with Crippen LogP contribution in [-0.2, 0) is 6.54 Å². The summed E-state index contributed by atoms with van der Waals surface area (Å²) in [5.41, 5.74) is 8.49. The van der Waals surface area contributed by atoms with Gasteiger partial charge in [0.05, 0.1) is 0 Å². The smallest absolute Gasteiger partial charge is 0.115 e. The van der Waals surface area contributed by atoms with Gasteiger partial charge in [0, 0.05) is 23.5 Å². The Balaban J connectivity index is 3.17. The van der Waals surface area contributed by atoms with Gasteiger partial charge in [-0.05, 0) is 13.8 Å². The molecule has 1 heterocycles. The molecule has 10 heavy (non-hydrogen) atoms. The Bertz CT molecular complexity index is 212.